The van der Waals surface area contributed by atoms with Crippen LogP contribution >= 0.6 is 0 Å². The smallest absolute Gasteiger partial charge is 0.307 e. The minimum absolute atomic E-state index is 0.0470. The van der Waals surface area contributed by atoms with Crippen molar-refractivity contribution in [3.8, 4) is 0 Å². The van der Waals surface area contributed by atoms with Crippen LogP contribution in [-0.4, -0.2) is 44.6 Å². The number of hydrogen-bond acceptors (Lipinski definition) is 6. The Kier molecular flexibility index (Phi) is 6.99. The van der Waals surface area contributed by atoms with Gasteiger partial charge in [-0.1, -0.05) is 0 Å². The quantitative estimate of drug-likeness (QED) is 0.446. The summed E-state index contributed by atoms with van der Waals surface area (Å²) in [7, 11) is 3.30. The first-order chi connectivity index (χ1) is 7.00. The minimum Gasteiger partial charge on any atom is -0.368 e. The average molecular weight is 221 g/mol. The lowest BCUT2D eigenvalue weighted by Crippen LogP contribution is -2.65. The molecule has 6 heteroatoms. The van der Waals surface area contributed by atoms with Gasteiger partial charge in [0.1, 0.15) is 6.73 Å². The summed E-state index contributed by atoms with van der Waals surface area (Å²) in [5, 5.41) is 1.54. The van der Waals surface area contributed by atoms with E-state index in [1.54, 1.807) is 14.2 Å². The first-order valence-corrected chi connectivity index (χ1v) is 5.04. The lowest BCUT2D eigenvalue weighted by molar-refractivity contribution is -0.349. The van der Waals surface area contributed by atoms with Gasteiger partial charge in [-0.25, -0.2) is 0 Å². The minimum atomic E-state index is -1.31. The zero-order valence-corrected chi connectivity index (χ0v) is 10.2. The van der Waals surface area contributed by atoms with Crippen molar-refractivity contribution in [3.63, 3.8) is 0 Å². The third kappa shape index (κ3) is 4.87. The monoisotopic (exact) mass is 221 g/mol. The zero-order chi connectivity index (χ0) is 11.9. The van der Waals surface area contributed by atoms with Crippen LogP contribution in [0, 0.1) is 0 Å². The highest BCUT2D eigenvalue weighted by atomic mass is 16.7. The lowest BCUT2D eigenvalue weighted by Gasteiger charge is -2.39. The van der Waals surface area contributed by atoms with Gasteiger partial charge in [-0.05, 0) is 27.8 Å². The van der Waals surface area contributed by atoms with Crippen molar-refractivity contribution < 1.29 is 14.2 Å². The molecule has 0 fully saturated rings. The maximum Gasteiger partial charge on any atom is 0.307 e. The van der Waals surface area contributed by atoms with E-state index in [0.29, 0.717) is 6.61 Å². The number of nitrogens with one attached hydrogen (secondary N) is 1. The third-order valence-corrected chi connectivity index (χ3v) is 1.66. The third-order valence-electron chi connectivity index (χ3n) is 1.66. The summed E-state index contributed by atoms with van der Waals surface area (Å²) < 4.78 is 15.9. The number of hydrazine groups is 1. The van der Waals surface area contributed by atoms with Crippen LogP contribution in [0.1, 0.15) is 20.8 Å². The topological polar surface area (TPSA) is 69.0 Å². The number of rotatable bonds is 8. The number of ether oxygens (including phenoxy) is 3. The fourth-order valence-electron chi connectivity index (χ4n) is 1.16. The molecule has 15 heavy (non-hydrogen) atoms. The van der Waals surface area contributed by atoms with Gasteiger partial charge in [0, 0.05) is 7.11 Å². The van der Waals surface area contributed by atoms with Crippen molar-refractivity contribution in [2.24, 2.45) is 5.73 Å². The molecule has 0 aliphatic heterocycles. The fraction of sp³-hybridized carbons (Fsp3) is 1.00. The molecule has 0 aliphatic carbocycles. The molecule has 0 radical (unpaired) electrons. The second-order valence-electron chi connectivity index (χ2n) is 3.30. The van der Waals surface area contributed by atoms with Crippen molar-refractivity contribution in [1.82, 2.24) is 10.4 Å². The van der Waals surface area contributed by atoms with Gasteiger partial charge >= 0.3 is 6.03 Å². The van der Waals surface area contributed by atoms with E-state index < -0.39 is 6.03 Å². The molecule has 0 aliphatic rings. The summed E-state index contributed by atoms with van der Waals surface area (Å²) in [4.78, 5) is 0. The predicted molar refractivity (Wildman–Crippen MR) is 57.5 cm³/mol. The van der Waals surface area contributed by atoms with Gasteiger partial charge in [0.25, 0.3) is 0 Å². The summed E-state index contributed by atoms with van der Waals surface area (Å²) in [6.45, 7) is 6.35. The van der Waals surface area contributed by atoms with Crippen molar-refractivity contribution in [3.05, 3.63) is 0 Å². The molecule has 6 nitrogen and oxygen atoms in total. The normalized spacial score (nSPS) is 16.0. The Hall–Kier alpha value is -0.240. The Morgan fingerprint density at radius 1 is 1.47 bits per heavy atom. The largest absolute Gasteiger partial charge is 0.368 e. The molecule has 0 saturated heterocycles. The molecule has 1 atom stereocenters. The number of nitrogens with two attached hydrogens (primary N) is 1. The second kappa shape index (κ2) is 7.10. The molecule has 0 saturated carbocycles. The Morgan fingerprint density at radius 2 is 2.07 bits per heavy atom. The number of hydrogen-bond donors (Lipinski definition) is 2. The van der Waals surface area contributed by atoms with Crippen LogP contribution in [0.2, 0.25) is 0 Å². The van der Waals surface area contributed by atoms with Crippen molar-refractivity contribution in [2.45, 2.75) is 32.9 Å². The molecule has 0 aromatic carbocycles. The van der Waals surface area contributed by atoms with Crippen LogP contribution in [0.4, 0.5) is 0 Å². The Labute approximate surface area is 91.6 Å². The Bertz CT molecular complexity index is 169. The van der Waals surface area contributed by atoms with Crippen LogP contribution in [0.15, 0.2) is 0 Å². The van der Waals surface area contributed by atoms with E-state index in [0.717, 1.165) is 0 Å². The van der Waals surface area contributed by atoms with Crippen LogP contribution < -0.4 is 11.2 Å². The molecule has 0 aromatic rings. The van der Waals surface area contributed by atoms with Gasteiger partial charge in [-0.2, -0.15) is 5.01 Å². The van der Waals surface area contributed by atoms with Crippen molar-refractivity contribution >= 4 is 0 Å². The van der Waals surface area contributed by atoms with Gasteiger partial charge in [-0.3, -0.25) is 11.2 Å². The maximum absolute atomic E-state index is 5.99. The van der Waals surface area contributed by atoms with Gasteiger partial charge in [0.05, 0.1) is 12.7 Å². The van der Waals surface area contributed by atoms with E-state index in [1.165, 1.54) is 5.01 Å². The molecular formula is C9H23N3O3. The second-order valence-corrected chi connectivity index (χ2v) is 3.30. The van der Waals surface area contributed by atoms with Gasteiger partial charge in [0.2, 0.25) is 0 Å². The molecule has 0 spiro atoms. The maximum atomic E-state index is 5.99. The van der Waals surface area contributed by atoms with Crippen LogP contribution in [0.25, 0.3) is 0 Å². The van der Waals surface area contributed by atoms with Gasteiger partial charge < -0.3 is 14.2 Å². The summed E-state index contributed by atoms with van der Waals surface area (Å²) in [6.07, 6.45) is -0.0470. The molecule has 0 aromatic heterocycles. The standard InChI is InChI=1S/C9H23N3O3/c1-6-14-9(10,15-8(2)3)12(11-4)7-13-5/h8,11H,6-7,10H2,1-5H3. The van der Waals surface area contributed by atoms with Gasteiger partial charge in [0.15, 0.2) is 0 Å². The molecule has 1 unspecified atom stereocenters. The molecule has 0 bridgehead atoms. The van der Waals surface area contributed by atoms with Crippen molar-refractivity contribution in [2.75, 3.05) is 27.5 Å². The first kappa shape index (κ1) is 14.8. The van der Waals surface area contributed by atoms with E-state index in [1.807, 2.05) is 20.8 Å². The molecule has 0 amide bonds. The molecule has 0 heterocycles. The van der Waals surface area contributed by atoms with E-state index in [2.05, 4.69) is 5.43 Å². The number of nitrogens with zero attached hydrogens (tertiary/aromatic N) is 1. The van der Waals surface area contributed by atoms with Crippen molar-refractivity contribution in [1.29, 1.82) is 0 Å². The Balaban J connectivity index is 4.55. The zero-order valence-electron chi connectivity index (χ0n) is 10.2. The Morgan fingerprint density at radius 3 is 2.40 bits per heavy atom. The summed E-state index contributed by atoms with van der Waals surface area (Å²) >= 11 is 0. The average Bonchev–Trinajstić information content (AvgIpc) is 2.12. The van der Waals surface area contributed by atoms with E-state index in [4.69, 9.17) is 19.9 Å². The summed E-state index contributed by atoms with van der Waals surface area (Å²) in [5.74, 6) is 0. The first-order valence-electron chi connectivity index (χ1n) is 5.04. The predicted octanol–water partition coefficient (Wildman–Crippen LogP) is 0.0582. The van der Waals surface area contributed by atoms with Crippen LogP contribution in [-0.2, 0) is 14.2 Å². The summed E-state index contributed by atoms with van der Waals surface area (Å²) in [6, 6.07) is -1.31. The lowest BCUT2D eigenvalue weighted by atomic mass is 10.5. The SMILES string of the molecule is CCOC(N)(OC(C)C)N(COC)NC. The number of methoxy groups -OCH3 is 1. The van der Waals surface area contributed by atoms with E-state index in [9.17, 15) is 0 Å². The van der Waals surface area contributed by atoms with E-state index in [-0.39, 0.29) is 12.8 Å². The molecule has 0 rings (SSSR count). The van der Waals surface area contributed by atoms with E-state index >= 15 is 0 Å². The van der Waals surface area contributed by atoms with Gasteiger partial charge in [-0.15, -0.1) is 0 Å². The highest BCUT2D eigenvalue weighted by Crippen LogP contribution is 2.13. The molecular weight excluding hydrogens is 198 g/mol. The highest BCUT2D eigenvalue weighted by molar-refractivity contribution is 4.60. The molecule has 92 valence electrons. The fourth-order valence-corrected chi connectivity index (χ4v) is 1.16. The van der Waals surface area contributed by atoms with Crippen LogP contribution in [0.5, 0.6) is 0 Å². The highest BCUT2D eigenvalue weighted by Gasteiger charge is 2.35. The summed E-state index contributed by atoms with van der Waals surface area (Å²) in [5.41, 5.74) is 8.86. The van der Waals surface area contributed by atoms with Crippen LogP contribution in [0.3, 0.4) is 0 Å². The molecule has 3 N–H and O–H groups in total.